The highest BCUT2D eigenvalue weighted by atomic mass is 16.3. The van der Waals surface area contributed by atoms with Gasteiger partial charge in [0.2, 0.25) is 5.91 Å². The van der Waals surface area contributed by atoms with E-state index in [1.165, 1.54) is 11.1 Å². The van der Waals surface area contributed by atoms with Crippen molar-refractivity contribution in [2.75, 3.05) is 13.1 Å². The number of carbonyl (C=O) groups is 1. The Hall–Kier alpha value is -2.70. The molecule has 0 spiro atoms. The molecule has 2 saturated heterocycles. The third-order valence-electron chi connectivity index (χ3n) is 6.86. The molecule has 2 aliphatic rings. The molecule has 0 aliphatic carbocycles. The van der Waals surface area contributed by atoms with Gasteiger partial charge in [0, 0.05) is 19.6 Å². The number of hydrogen-bond acceptors (Lipinski definition) is 4. The number of H-pyrrole nitrogens is 1. The average Bonchev–Trinajstić information content (AvgIpc) is 3.47. The molecule has 6 nitrogen and oxygen atoms in total. The van der Waals surface area contributed by atoms with E-state index in [1.54, 1.807) is 0 Å². The highest BCUT2D eigenvalue weighted by Crippen LogP contribution is 2.34. The normalized spacial score (nSPS) is 24.4. The summed E-state index contributed by atoms with van der Waals surface area (Å²) in [4.78, 5) is 26.1. The molecule has 31 heavy (non-hydrogen) atoms. The second-order valence-electron chi connectivity index (χ2n) is 9.09. The summed E-state index contributed by atoms with van der Waals surface area (Å²) in [6.07, 6.45) is 1.92. The fraction of sp³-hybridized carbons (Fsp3) is 0.440. The van der Waals surface area contributed by atoms with E-state index in [-0.39, 0.29) is 18.0 Å². The van der Waals surface area contributed by atoms with E-state index in [9.17, 15) is 9.90 Å². The summed E-state index contributed by atoms with van der Waals surface area (Å²) < 4.78 is 0. The van der Waals surface area contributed by atoms with Gasteiger partial charge in [-0.15, -0.1) is 0 Å². The van der Waals surface area contributed by atoms with E-state index in [4.69, 9.17) is 4.98 Å². The maximum absolute atomic E-state index is 13.6. The first kappa shape index (κ1) is 20.2. The van der Waals surface area contributed by atoms with Gasteiger partial charge in [0.05, 0.1) is 29.2 Å². The number of likely N-dealkylation sites (tertiary alicyclic amines) is 2. The molecule has 6 heteroatoms. The van der Waals surface area contributed by atoms with Crippen molar-refractivity contribution in [1.29, 1.82) is 0 Å². The van der Waals surface area contributed by atoms with E-state index in [2.05, 4.69) is 48.0 Å². The van der Waals surface area contributed by atoms with Gasteiger partial charge in [-0.25, -0.2) is 4.98 Å². The number of aromatic amines is 1. The van der Waals surface area contributed by atoms with Gasteiger partial charge in [-0.05, 0) is 61.9 Å². The summed E-state index contributed by atoms with van der Waals surface area (Å²) in [6.45, 7) is 6.15. The van der Waals surface area contributed by atoms with Crippen LogP contribution < -0.4 is 0 Å². The van der Waals surface area contributed by atoms with Crippen molar-refractivity contribution in [1.82, 2.24) is 19.8 Å². The van der Waals surface area contributed by atoms with Gasteiger partial charge in [0.15, 0.2) is 0 Å². The first-order valence-corrected chi connectivity index (χ1v) is 11.2. The second-order valence-corrected chi connectivity index (χ2v) is 9.09. The summed E-state index contributed by atoms with van der Waals surface area (Å²) in [6, 6.07) is 14.1. The summed E-state index contributed by atoms with van der Waals surface area (Å²) in [5, 5.41) is 10.3. The van der Waals surface area contributed by atoms with Gasteiger partial charge in [-0.3, -0.25) is 9.69 Å². The van der Waals surface area contributed by atoms with Crippen LogP contribution in [0, 0.1) is 13.8 Å². The number of nitrogens with one attached hydrogen (secondary N) is 1. The number of aromatic nitrogens is 2. The molecule has 2 fully saturated rings. The summed E-state index contributed by atoms with van der Waals surface area (Å²) in [5.41, 5.74) is 5.61. The molecule has 2 aliphatic heterocycles. The van der Waals surface area contributed by atoms with Crippen LogP contribution in [0.4, 0.5) is 0 Å². The predicted molar refractivity (Wildman–Crippen MR) is 121 cm³/mol. The number of benzene rings is 2. The molecule has 1 aromatic heterocycles. The van der Waals surface area contributed by atoms with Gasteiger partial charge in [-0.2, -0.15) is 0 Å². The smallest absolute Gasteiger partial charge is 0.240 e. The molecule has 162 valence electrons. The van der Waals surface area contributed by atoms with E-state index in [1.807, 2.05) is 23.1 Å². The zero-order chi connectivity index (χ0) is 21.5. The van der Waals surface area contributed by atoms with Crippen LogP contribution in [-0.2, 0) is 11.3 Å². The standard InChI is InChI=1S/C25H30N4O2/c1-16-11-20-21(12-17(16)2)27-24(26-20)22-9-6-10-29(22)25(31)23-13-19(30)15-28(23)14-18-7-4-3-5-8-18/h3-5,7-8,11-12,19,22-23,30H,6,9-10,13-15H2,1-2H3,(H,26,27)/t19-,22+,23+/m1/s1. The van der Waals surface area contributed by atoms with E-state index in [0.717, 1.165) is 41.8 Å². The average molecular weight is 419 g/mol. The third kappa shape index (κ3) is 3.86. The number of rotatable bonds is 4. The molecular weight excluding hydrogens is 388 g/mol. The Balaban J connectivity index is 1.38. The van der Waals surface area contributed by atoms with Gasteiger partial charge in [0.25, 0.3) is 0 Å². The molecule has 5 rings (SSSR count). The molecule has 3 atom stereocenters. The lowest BCUT2D eigenvalue weighted by molar-refractivity contribution is -0.137. The molecule has 0 bridgehead atoms. The van der Waals surface area contributed by atoms with E-state index in [0.29, 0.717) is 19.5 Å². The third-order valence-corrected chi connectivity index (χ3v) is 6.86. The van der Waals surface area contributed by atoms with Crippen LogP contribution in [0.25, 0.3) is 11.0 Å². The number of β-amino-alcohol motifs (C(OH)–C–C–N with tert-alkyl or cyclic N) is 1. The minimum Gasteiger partial charge on any atom is -0.392 e. The molecular formula is C25H30N4O2. The van der Waals surface area contributed by atoms with Crippen LogP contribution in [-0.4, -0.2) is 56.0 Å². The number of nitrogens with zero attached hydrogens (tertiary/aromatic N) is 3. The van der Waals surface area contributed by atoms with Crippen LogP contribution >= 0.6 is 0 Å². The summed E-state index contributed by atoms with van der Waals surface area (Å²) in [5.74, 6) is 0.988. The maximum atomic E-state index is 13.6. The van der Waals surface area contributed by atoms with Crippen molar-refractivity contribution in [2.45, 2.75) is 57.8 Å². The van der Waals surface area contributed by atoms with Crippen molar-refractivity contribution in [3.8, 4) is 0 Å². The van der Waals surface area contributed by atoms with Crippen LogP contribution in [0.2, 0.25) is 0 Å². The molecule has 0 unspecified atom stereocenters. The Labute approximate surface area is 182 Å². The number of amides is 1. The lowest BCUT2D eigenvalue weighted by atomic mass is 10.1. The Kier molecular flexibility index (Phi) is 5.28. The van der Waals surface area contributed by atoms with Gasteiger partial charge in [-0.1, -0.05) is 30.3 Å². The van der Waals surface area contributed by atoms with Crippen molar-refractivity contribution in [3.63, 3.8) is 0 Å². The van der Waals surface area contributed by atoms with E-state index < -0.39 is 6.10 Å². The fourth-order valence-electron chi connectivity index (χ4n) is 5.08. The zero-order valence-corrected chi connectivity index (χ0v) is 18.2. The lowest BCUT2D eigenvalue weighted by Gasteiger charge is -2.30. The largest absolute Gasteiger partial charge is 0.392 e. The molecule has 0 saturated carbocycles. The lowest BCUT2D eigenvalue weighted by Crippen LogP contribution is -2.45. The van der Waals surface area contributed by atoms with Crippen molar-refractivity contribution in [3.05, 3.63) is 65.0 Å². The Morgan fingerprint density at radius 1 is 1.19 bits per heavy atom. The van der Waals surface area contributed by atoms with Crippen LogP contribution in [0.1, 0.15) is 47.8 Å². The Morgan fingerprint density at radius 2 is 1.97 bits per heavy atom. The summed E-state index contributed by atoms with van der Waals surface area (Å²) in [7, 11) is 0. The molecule has 0 radical (unpaired) electrons. The molecule has 3 heterocycles. The number of aryl methyl sites for hydroxylation is 2. The number of hydrogen-bond donors (Lipinski definition) is 2. The highest BCUT2D eigenvalue weighted by molar-refractivity contribution is 5.83. The predicted octanol–water partition coefficient (Wildman–Crippen LogP) is 3.48. The SMILES string of the molecule is Cc1cc2nc([C@@H]3CCCN3C(=O)[C@@H]3C[C@@H](O)CN3Cc3ccccc3)[nH]c2cc1C. The topological polar surface area (TPSA) is 72.5 Å². The molecule has 3 aromatic rings. The summed E-state index contributed by atoms with van der Waals surface area (Å²) >= 11 is 0. The number of carbonyl (C=O) groups excluding carboxylic acids is 1. The quantitative estimate of drug-likeness (QED) is 0.680. The monoisotopic (exact) mass is 418 g/mol. The van der Waals surface area contributed by atoms with E-state index >= 15 is 0 Å². The fourth-order valence-corrected chi connectivity index (χ4v) is 5.08. The van der Waals surface area contributed by atoms with Gasteiger partial charge >= 0.3 is 0 Å². The molecule has 2 N–H and O–H groups in total. The van der Waals surface area contributed by atoms with Crippen molar-refractivity contribution < 1.29 is 9.90 Å². The van der Waals surface area contributed by atoms with Crippen LogP contribution in [0.3, 0.4) is 0 Å². The number of imidazole rings is 1. The second kappa shape index (κ2) is 8.09. The first-order chi connectivity index (χ1) is 15.0. The molecule has 2 aromatic carbocycles. The van der Waals surface area contributed by atoms with Crippen LogP contribution in [0.15, 0.2) is 42.5 Å². The first-order valence-electron chi connectivity index (χ1n) is 11.2. The number of aliphatic hydroxyl groups excluding tert-OH is 1. The minimum absolute atomic E-state index is 0.0307. The Bertz CT molecular complexity index is 1050. The number of fused-ring (bicyclic) bond motifs is 1. The number of aliphatic hydroxyl groups is 1. The maximum Gasteiger partial charge on any atom is 0.240 e. The van der Waals surface area contributed by atoms with Gasteiger partial charge < -0.3 is 15.0 Å². The van der Waals surface area contributed by atoms with Crippen molar-refractivity contribution in [2.24, 2.45) is 0 Å². The van der Waals surface area contributed by atoms with Crippen molar-refractivity contribution >= 4 is 16.9 Å². The van der Waals surface area contributed by atoms with Gasteiger partial charge in [0.1, 0.15) is 5.82 Å². The Morgan fingerprint density at radius 3 is 2.77 bits per heavy atom. The van der Waals surface area contributed by atoms with Crippen LogP contribution in [0.5, 0.6) is 0 Å². The highest BCUT2D eigenvalue weighted by Gasteiger charge is 2.42. The minimum atomic E-state index is -0.462. The molecule has 1 amide bonds. The zero-order valence-electron chi connectivity index (χ0n) is 18.2.